The van der Waals surface area contributed by atoms with Crippen LogP contribution in [0.15, 0.2) is 41.4 Å². The predicted molar refractivity (Wildman–Crippen MR) is 102 cm³/mol. The number of benzene rings is 1. The van der Waals surface area contributed by atoms with Crippen LogP contribution in [0.5, 0.6) is 0 Å². The first-order valence-electron chi connectivity index (χ1n) is 8.41. The minimum Gasteiger partial charge on any atom is -0.383 e. The van der Waals surface area contributed by atoms with Gasteiger partial charge in [0.25, 0.3) is 11.7 Å². The highest BCUT2D eigenvalue weighted by atomic mass is 32.2. The molecule has 1 aromatic carbocycles. The first-order chi connectivity index (χ1) is 13.3. The lowest BCUT2D eigenvalue weighted by atomic mass is 10.3. The van der Waals surface area contributed by atoms with Crippen molar-refractivity contribution in [2.75, 3.05) is 19.0 Å². The van der Waals surface area contributed by atoms with Crippen molar-refractivity contribution in [3.8, 4) is 0 Å². The van der Waals surface area contributed by atoms with Crippen molar-refractivity contribution in [3.05, 3.63) is 48.0 Å². The fourth-order valence-electron chi connectivity index (χ4n) is 2.52. The number of rotatable bonds is 7. The highest BCUT2D eigenvalue weighted by Gasteiger charge is 2.18. The molecular weight excluding hydrogens is 384 g/mol. The zero-order valence-corrected chi connectivity index (χ0v) is 16.4. The number of fused-ring (bicyclic) bond motifs is 1. The van der Waals surface area contributed by atoms with E-state index in [0.29, 0.717) is 11.5 Å². The fraction of sp³-hybridized carbons (Fsp3) is 0.294. The maximum absolute atomic E-state index is 12.4. The Morgan fingerprint density at radius 3 is 2.61 bits per heavy atom. The number of hydrogen-bond donors (Lipinski definition) is 2. The first kappa shape index (κ1) is 19.9. The van der Waals surface area contributed by atoms with Gasteiger partial charge in [-0.05, 0) is 44.2 Å². The van der Waals surface area contributed by atoms with Crippen molar-refractivity contribution in [2.45, 2.75) is 24.8 Å². The number of aryl methyl sites for hydroxylation is 1. The molecule has 2 N–H and O–H groups in total. The normalized spacial score (nSPS) is 12.8. The standard InChI is InChI=1S/C17H20N6O4S/c1-11(10-27-3)22-28(25,26)14-6-4-13(5-7-14)19-16(24)15-20-17-18-9-8-12(2)23(17)21-15/h4-9,11,22H,10H2,1-3H3,(H,19,24). The molecule has 0 saturated heterocycles. The monoisotopic (exact) mass is 404 g/mol. The fourth-order valence-corrected chi connectivity index (χ4v) is 3.75. The molecule has 0 radical (unpaired) electrons. The number of nitrogens with one attached hydrogen (secondary N) is 2. The van der Waals surface area contributed by atoms with Crippen LogP contribution in [-0.2, 0) is 14.8 Å². The number of hydrogen-bond acceptors (Lipinski definition) is 7. The van der Waals surface area contributed by atoms with Gasteiger partial charge in [-0.25, -0.2) is 22.6 Å². The van der Waals surface area contributed by atoms with Gasteiger partial charge in [0.05, 0.1) is 11.5 Å². The first-order valence-corrected chi connectivity index (χ1v) is 9.89. The Morgan fingerprint density at radius 2 is 1.96 bits per heavy atom. The van der Waals surface area contributed by atoms with Gasteiger partial charge in [0.15, 0.2) is 0 Å². The molecule has 1 unspecified atom stereocenters. The highest BCUT2D eigenvalue weighted by molar-refractivity contribution is 7.89. The van der Waals surface area contributed by atoms with E-state index < -0.39 is 15.9 Å². The van der Waals surface area contributed by atoms with Crippen LogP contribution >= 0.6 is 0 Å². The molecule has 1 amide bonds. The number of aromatic nitrogens is 4. The SMILES string of the molecule is COCC(C)NS(=O)(=O)c1ccc(NC(=O)c2nc3nccc(C)n3n2)cc1. The average molecular weight is 404 g/mol. The summed E-state index contributed by atoms with van der Waals surface area (Å²) in [5.41, 5.74) is 1.21. The maximum atomic E-state index is 12.4. The van der Waals surface area contributed by atoms with E-state index in [1.165, 1.54) is 35.9 Å². The van der Waals surface area contributed by atoms with Gasteiger partial charge in [0.2, 0.25) is 15.8 Å². The summed E-state index contributed by atoms with van der Waals surface area (Å²) in [7, 11) is -2.18. The number of nitrogens with zero attached hydrogens (tertiary/aromatic N) is 4. The van der Waals surface area contributed by atoms with Crippen LogP contribution in [-0.4, -0.2) is 53.7 Å². The summed E-state index contributed by atoms with van der Waals surface area (Å²) in [5, 5.41) is 6.77. The molecular formula is C17H20N6O4S. The van der Waals surface area contributed by atoms with Crippen molar-refractivity contribution in [2.24, 2.45) is 0 Å². The number of carbonyl (C=O) groups is 1. The van der Waals surface area contributed by atoms with Crippen molar-refractivity contribution in [1.29, 1.82) is 0 Å². The Hall–Kier alpha value is -2.89. The zero-order valence-electron chi connectivity index (χ0n) is 15.6. The van der Waals surface area contributed by atoms with Crippen LogP contribution in [0.2, 0.25) is 0 Å². The van der Waals surface area contributed by atoms with Crippen LogP contribution in [0.4, 0.5) is 5.69 Å². The Bertz CT molecular complexity index is 1090. The van der Waals surface area contributed by atoms with Gasteiger partial charge in [-0.3, -0.25) is 4.79 Å². The smallest absolute Gasteiger partial charge is 0.295 e. The average Bonchev–Trinajstić information content (AvgIpc) is 3.08. The molecule has 3 aromatic rings. The Balaban J connectivity index is 1.73. The van der Waals surface area contributed by atoms with Crippen LogP contribution in [0.3, 0.4) is 0 Å². The van der Waals surface area contributed by atoms with Crippen molar-refractivity contribution < 1.29 is 17.9 Å². The lowest BCUT2D eigenvalue weighted by Gasteiger charge is -2.13. The highest BCUT2D eigenvalue weighted by Crippen LogP contribution is 2.15. The van der Waals surface area contributed by atoms with Gasteiger partial charge in [0.1, 0.15) is 0 Å². The zero-order chi connectivity index (χ0) is 20.3. The van der Waals surface area contributed by atoms with Crippen molar-refractivity contribution in [1.82, 2.24) is 24.3 Å². The van der Waals surface area contributed by atoms with Crippen LogP contribution in [0.1, 0.15) is 23.2 Å². The van der Waals surface area contributed by atoms with E-state index in [1.807, 2.05) is 6.92 Å². The minimum absolute atomic E-state index is 0.0337. The van der Waals surface area contributed by atoms with E-state index in [-0.39, 0.29) is 23.4 Å². The summed E-state index contributed by atoms with van der Waals surface area (Å²) in [6.07, 6.45) is 1.59. The number of carbonyl (C=O) groups excluding carboxylic acids is 1. The second-order valence-corrected chi connectivity index (χ2v) is 7.90. The molecule has 11 heteroatoms. The van der Waals surface area contributed by atoms with Crippen molar-refractivity contribution >= 4 is 27.4 Å². The van der Waals surface area contributed by atoms with E-state index in [0.717, 1.165) is 5.69 Å². The third-order valence-corrected chi connectivity index (χ3v) is 5.43. The molecule has 148 valence electrons. The molecule has 2 aromatic heterocycles. The lowest BCUT2D eigenvalue weighted by molar-refractivity contribution is 0.101. The largest absolute Gasteiger partial charge is 0.383 e. The number of anilines is 1. The van der Waals surface area contributed by atoms with E-state index in [9.17, 15) is 13.2 Å². The summed E-state index contributed by atoms with van der Waals surface area (Å²) >= 11 is 0. The third-order valence-electron chi connectivity index (χ3n) is 3.83. The second-order valence-electron chi connectivity index (χ2n) is 6.19. The molecule has 2 heterocycles. The van der Waals surface area contributed by atoms with Gasteiger partial charge >= 0.3 is 0 Å². The second kappa shape index (κ2) is 8.00. The molecule has 0 spiro atoms. The van der Waals surface area contributed by atoms with Gasteiger partial charge in [-0.1, -0.05) is 0 Å². The van der Waals surface area contributed by atoms with Gasteiger partial charge in [0, 0.05) is 30.7 Å². The molecule has 0 fully saturated rings. The summed E-state index contributed by atoms with van der Waals surface area (Å²) in [5.74, 6) is -0.233. The summed E-state index contributed by atoms with van der Waals surface area (Å²) < 4.78 is 33.5. The summed E-state index contributed by atoms with van der Waals surface area (Å²) in [4.78, 5) is 20.6. The molecule has 0 aliphatic heterocycles. The number of ether oxygens (including phenoxy) is 1. The van der Waals surface area contributed by atoms with E-state index >= 15 is 0 Å². The van der Waals surface area contributed by atoms with E-state index in [1.54, 1.807) is 19.2 Å². The quantitative estimate of drug-likeness (QED) is 0.601. The number of amides is 1. The molecule has 3 rings (SSSR count). The van der Waals surface area contributed by atoms with Gasteiger partial charge in [-0.15, -0.1) is 5.10 Å². The Kier molecular flexibility index (Phi) is 5.68. The molecule has 1 atom stereocenters. The Labute approximate surface area is 162 Å². The molecule has 0 bridgehead atoms. The van der Waals surface area contributed by atoms with Crippen molar-refractivity contribution in [3.63, 3.8) is 0 Å². The predicted octanol–water partition coefficient (Wildman–Crippen LogP) is 0.998. The number of sulfonamides is 1. The van der Waals surface area contributed by atoms with Crippen LogP contribution in [0.25, 0.3) is 5.78 Å². The molecule has 28 heavy (non-hydrogen) atoms. The lowest BCUT2D eigenvalue weighted by Crippen LogP contribution is -2.35. The van der Waals surface area contributed by atoms with Crippen LogP contribution in [0, 0.1) is 6.92 Å². The third kappa shape index (κ3) is 4.32. The van der Waals surface area contributed by atoms with E-state index in [2.05, 4.69) is 25.1 Å². The molecule has 0 saturated carbocycles. The topological polar surface area (TPSA) is 128 Å². The van der Waals surface area contributed by atoms with E-state index in [4.69, 9.17) is 4.74 Å². The molecule has 10 nitrogen and oxygen atoms in total. The Morgan fingerprint density at radius 1 is 1.25 bits per heavy atom. The number of methoxy groups -OCH3 is 1. The summed E-state index contributed by atoms with van der Waals surface area (Å²) in [6.45, 7) is 3.79. The minimum atomic E-state index is -3.68. The summed E-state index contributed by atoms with van der Waals surface area (Å²) in [6, 6.07) is 7.18. The van der Waals surface area contributed by atoms with Gasteiger partial charge < -0.3 is 10.1 Å². The molecule has 0 aliphatic carbocycles. The molecule has 0 aliphatic rings. The maximum Gasteiger partial charge on any atom is 0.295 e. The van der Waals surface area contributed by atoms with Crippen LogP contribution < -0.4 is 10.0 Å². The van der Waals surface area contributed by atoms with Gasteiger partial charge in [-0.2, -0.15) is 4.98 Å².